The number of rotatable bonds is 11. The molecule has 0 aliphatic heterocycles. The summed E-state index contributed by atoms with van der Waals surface area (Å²) in [6.07, 6.45) is -6.28. The van der Waals surface area contributed by atoms with Crippen molar-refractivity contribution in [1.29, 1.82) is 0 Å². The van der Waals surface area contributed by atoms with E-state index in [-0.39, 0.29) is 6.61 Å². The molecule has 0 aromatic carbocycles. The first-order valence-electron chi connectivity index (χ1n) is 13.7. The lowest BCUT2D eigenvalue weighted by molar-refractivity contribution is -0.137. The van der Waals surface area contributed by atoms with Crippen LogP contribution in [-0.2, 0) is 39.1 Å². The Hall–Kier alpha value is -3.50. The molecule has 44 heavy (non-hydrogen) atoms. The van der Waals surface area contributed by atoms with Gasteiger partial charge < -0.3 is 14.2 Å². The Morgan fingerprint density at radius 2 is 1.64 bits per heavy atom. The maximum atomic E-state index is 13.9. The van der Waals surface area contributed by atoms with Crippen molar-refractivity contribution in [3.8, 4) is 6.01 Å². The molecule has 0 unspecified atom stereocenters. The van der Waals surface area contributed by atoms with Crippen LogP contribution in [0.15, 0.2) is 17.3 Å². The molecule has 2 heterocycles. The highest BCUT2D eigenvalue weighted by atomic mass is 32.2. The number of sulfone groups is 1. The Balaban J connectivity index is 0.00000474. The Morgan fingerprint density at radius 1 is 1.05 bits per heavy atom. The van der Waals surface area contributed by atoms with Crippen LogP contribution < -0.4 is 9.64 Å². The number of nitrogens with zero attached hydrogens (tertiary/aromatic N) is 4. The lowest BCUT2D eigenvalue weighted by atomic mass is 10.1. The van der Waals surface area contributed by atoms with Crippen LogP contribution in [-0.4, -0.2) is 65.5 Å². The molecule has 0 bridgehead atoms. The van der Waals surface area contributed by atoms with Gasteiger partial charge in [-0.3, -0.25) is 14.5 Å². The molecule has 2 rings (SSSR count). The van der Waals surface area contributed by atoms with Crippen molar-refractivity contribution in [2.24, 2.45) is 7.05 Å². The number of carbonyl (C=O) groups excluding carboxylic acids is 2. The molecular weight excluding hydrogens is 619 g/mol. The van der Waals surface area contributed by atoms with Crippen molar-refractivity contribution in [1.82, 2.24) is 14.5 Å². The van der Waals surface area contributed by atoms with E-state index in [2.05, 4.69) is 9.97 Å². The summed E-state index contributed by atoms with van der Waals surface area (Å²) in [5, 5.41) is -0.629. The minimum absolute atomic E-state index is 0.202. The number of imidazole rings is 1. The van der Waals surface area contributed by atoms with Gasteiger partial charge in [-0.1, -0.05) is 27.7 Å². The second-order valence-electron chi connectivity index (χ2n) is 9.99. The third kappa shape index (κ3) is 10.0. The zero-order valence-corrected chi connectivity index (χ0v) is 27.0. The molecule has 0 spiro atoms. The number of carbonyl (C=O) groups is 2. The maximum absolute atomic E-state index is 13.9. The first kappa shape index (κ1) is 38.5. The minimum atomic E-state index is -4.88. The Kier molecular flexibility index (Phi) is 13.1. The Morgan fingerprint density at radius 3 is 2.11 bits per heavy atom. The van der Waals surface area contributed by atoms with Crippen LogP contribution in [0.2, 0.25) is 0 Å². The van der Waals surface area contributed by atoms with Crippen LogP contribution in [0.4, 0.5) is 32.6 Å². The topological polar surface area (TPSA) is 130 Å². The smallest absolute Gasteiger partial charge is 0.417 e. The van der Waals surface area contributed by atoms with Crippen LogP contribution in [0.25, 0.3) is 0 Å². The van der Waals surface area contributed by atoms with E-state index in [1.165, 1.54) is 41.5 Å². The molecule has 0 saturated carbocycles. The van der Waals surface area contributed by atoms with Crippen molar-refractivity contribution in [3.63, 3.8) is 0 Å². The lowest BCUT2D eigenvalue weighted by Gasteiger charge is -2.27. The predicted octanol–water partition coefficient (Wildman–Crippen LogP) is 6.20. The fourth-order valence-corrected chi connectivity index (χ4v) is 4.57. The van der Waals surface area contributed by atoms with E-state index in [1.807, 2.05) is 13.8 Å². The summed E-state index contributed by atoms with van der Waals surface area (Å²) < 4.78 is 111. The molecular formula is C27H39F5N4O7S. The van der Waals surface area contributed by atoms with Gasteiger partial charge in [0, 0.05) is 19.7 Å². The summed E-state index contributed by atoms with van der Waals surface area (Å²) in [5.74, 6) is -5.64. The summed E-state index contributed by atoms with van der Waals surface area (Å²) >= 11 is 0. The van der Waals surface area contributed by atoms with Crippen LogP contribution >= 0.6 is 0 Å². The summed E-state index contributed by atoms with van der Waals surface area (Å²) in [7, 11) is -3.09. The Bertz CT molecular complexity index is 1400. The molecule has 2 aromatic heterocycles. The largest absolute Gasteiger partial charge is 0.462 e. The number of anilines is 1. The normalized spacial score (nSPS) is 12.2. The van der Waals surface area contributed by atoms with Gasteiger partial charge in [-0.2, -0.15) is 18.2 Å². The summed E-state index contributed by atoms with van der Waals surface area (Å²) in [6.45, 7) is 10.2. The van der Waals surface area contributed by atoms with Crippen LogP contribution in [0, 0.1) is 0 Å². The standard InChI is InChI=1S/C25H33F5N4O7S.C2H6/c1-8-24(26,27)14-40-21-32-18(19(33(21)7)42(37,38)10-3)34(22(36)41-23(4,5)6)13-17-16(20(35)39-9-2)11-15(12-31-17)25(28,29)30;1-2/h11-12H,8-10,13-14H2,1-7H3;1-2H3. The van der Waals surface area contributed by atoms with Crippen LogP contribution in [0.3, 0.4) is 0 Å². The van der Waals surface area contributed by atoms with E-state index >= 15 is 0 Å². The molecule has 1 amide bonds. The molecule has 0 fully saturated rings. The predicted molar refractivity (Wildman–Crippen MR) is 151 cm³/mol. The molecule has 0 atom stereocenters. The van der Waals surface area contributed by atoms with Gasteiger partial charge >= 0.3 is 18.2 Å². The SMILES string of the molecule is CC.CCOC(=O)c1cc(C(F)(F)F)cnc1CN(C(=O)OC(C)(C)C)c1nc(OCC(F)(F)CC)n(C)c1S(=O)(=O)CC. The fraction of sp³-hybridized carbons (Fsp3) is 0.630. The highest BCUT2D eigenvalue weighted by Crippen LogP contribution is 2.34. The molecule has 17 heteroatoms. The van der Waals surface area contributed by atoms with E-state index < -0.39 is 98.6 Å². The van der Waals surface area contributed by atoms with Gasteiger partial charge in [0.15, 0.2) is 27.3 Å². The monoisotopic (exact) mass is 658 g/mol. The molecule has 0 radical (unpaired) electrons. The van der Waals surface area contributed by atoms with Gasteiger partial charge in [-0.05, 0) is 33.8 Å². The number of ether oxygens (including phenoxy) is 3. The number of alkyl halides is 5. The zero-order valence-electron chi connectivity index (χ0n) is 26.1. The molecule has 0 aliphatic rings. The zero-order chi connectivity index (χ0) is 34.3. The molecule has 0 N–H and O–H groups in total. The first-order valence-corrected chi connectivity index (χ1v) is 15.4. The maximum Gasteiger partial charge on any atom is 0.417 e. The summed E-state index contributed by atoms with van der Waals surface area (Å²) in [6, 6.07) is -0.110. The van der Waals surface area contributed by atoms with Crippen molar-refractivity contribution in [2.45, 2.75) is 91.1 Å². The average molecular weight is 659 g/mol. The number of esters is 1. The lowest BCUT2D eigenvalue weighted by Crippen LogP contribution is -2.38. The molecule has 0 aliphatic carbocycles. The molecule has 11 nitrogen and oxygen atoms in total. The van der Waals surface area contributed by atoms with Crippen molar-refractivity contribution in [3.05, 3.63) is 29.1 Å². The van der Waals surface area contributed by atoms with Crippen molar-refractivity contribution in [2.75, 3.05) is 23.9 Å². The summed E-state index contributed by atoms with van der Waals surface area (Å²) in [4.78, 5) is 34.4. The van der Waals surface area contributed by atoms with Crippen LogP contribution in [0.1, 0.15) is 83.4 Å². The number of hydrogen-bond acceptors (Lipinski definition) is 9. The first-order chi connectivity index (χ1) is 20.2. The van der Waals surface area contributed by atoms with E-state index in [0.717, 1.165) is 11.6 Å². The fourth-order valence-electron chi connectivity index (χ4n) is 3.36. The minimum Gasteiger partial charge on any atom is -0.462 e. The number of amides is 1. The number of halogens is 5. The Labute approximate surface area is 253 Å². The average Bonchev–Trinajstić information content (AvgIpc) is 3.26. The van der Waals surface area contributed by atoms with Crippen LogP contribution in [0.5, 0.6) is 6.01 Å². The number of aromatic nitrogens is 3. The number of hydrogen-bond donors (Lipinski definition) is 0. The van der Waals surface area contributed by atoms with E-state index in [4.69, 9.17) is 14.2 Å². The van der Waals surface area contributed by atoms with E-state index in [0.29, 0.717) is 17.2 Å². The third-order valence-electron chi connectivity index (χ3n) is 5.56. The molecule has 0 saturated heterocycles. The van der Waals surface area contributed by atoms with Crippen molar-refractivity contribution < 1.29 is 54.2 Å². The van der Waals surface area contributed by atoms with Gasteiger partial charge in [0.2, 0.25) is 0 Å². The molecule has 2 aromatic rings. The quantitative estimate of drug-likeness (QED) is 0.205. The highest BCUT2D eigenvalue weighted by molar-refractivity contribution is 7.91. The third-order valence-corrected chi connectivity index (χ3v) is 7.36. The van der Waals surface area contributed by atoms with E-state index in [1.54, 1.807) is 0 Å². The number of pyridine rings is 1. The summed E-state index contributed by atoms with van der Waals surface area (Å²) in [5.41, 5.74) is -3.51. The second-order valence-corrected chi connectivity index (χ2v) is 12.2. The molecule has 250 valence electrons. The van der Waals surface area contributed by atoms with Gasteiger partial charge in [-0.25, -0.2) is 26.8 Å². The van der Waals surface area contributed by atoms with Gasteiger partial charge in [-0.15, -0.1) is 0 Å². The second kappa shape index (κ2) is 15.0. The van der Waals surface area contributed by atoms with Gasteiger partial charge in [0.1, 0.15) is 5.60 Å². The highest BCUT2D eigenvalue weighted by Gasteiger charge is 2.38. The van der Waals surface area contributed by atoms with Gasteiger partial charge in [0.05, 0.1) is 35.7 Å². The van der Waals surface area contributed by atoms with Crippen molar-refractivity contribution >= 4 is 27.7 Å². The van der Waals surface area contributed by atoms with E-state index in [9.17, 15) is 40.0 Å². The van der Waals surface area contributed by atoms with Gasteiger partial charge in [0.25, 0.3) is 11.9 Å².